The summed E-state index contributed by atoms with van der Waals surface area (Å²) in [6, 6.07) is 22.5. The Balaban J connectivity index is 1.59. The van der Waals surface area contributed by atoms with E-state index in [1.807, 2.05) is 48.5 Å². The lowest BCUT2D eigenvalue weighted by molar-refractivity contribution is -0.143. The van der Waals surface area contributed by atoms with Gasteiger partial charge in [-0.05, 0) is 60.7 Å². The van der Waals surface area contributed by atoms with Crippen LogP contribution in [0.5, 0.6) is 0 Å². The quantitative estimate of drug-likeness (QED) is 0.324. The van der Waals surface area contributed by atoms with Crippen LogP contribution in [0.3, 0.4) is 0 Å². The van der Waals surface area contributed by atoms with Gasteiger partial charge in [0.15, 0.2) is 0 Å². The molecule has 0 unspecified atom stereocenters. The van der Waals surface area contributed by atoms with E-state index in [1.54, 1.807) is 31.2 Å². The Morgan fingerprint density at radius 1 is 0.824 bits per heavy atom. The summed E-state index contributed by atoms with van der Waals surface area (Å²) >= 11 is 0. The second kappa shape index (κ2) is 10.2. The van der Waals surface area contributed by atoms with E-state index in [9.17, 15) is 14.4 Å². The molecule has 0 aliphatic heterocycles. The Morgan fingerprint density at radius 3 is 2.06 bits per heavy atom. The van der Waals surface area contributed by atoms with Crippen molar-refractivity contribution in [2.45, 2.75) is 32.9 Å². The highest BCUT2D eigenvalue weighted by Crippen LogP contribution is 2.12. The summed E-state index contributed by atoms with van der Waals surface area (Å²) in [6.45, 7) is 1.79. The maximum atomic E-state index is 13.2. The van der Waals surface area contributed by atoms with Crippen LogP contribution in [0.25, 0.3) is 10.9 Å². The van der Waals surface area contributed by atoms with Crippen molar-refractivity contribution in [3.63, 3.8) is 0 Å². The van der Waals surface area contributed by atoms with Crippen LogP contribution >= 0.6 is 0 Å². The fourth-order valence-corrected chi connectivity index (χ4v) is 3.97. The number of nitrogen functional groups attached to an aromatic ring is 1. The lowest BCUT2D eigenvalue weighted by Gasteiger charge is -2.14. The zero-order chi connectivity index (χ0) is 24.1. The van der Waals surface area contributed by atoms with Gasteiger partial charge < -0.3 is 10.5 Å². The predicted molar refractivity (Wildman–Crippen MR) is 133 cm³/mol. The average Bonchev–Trinajstić information content (AvgIpc) is 2.85. The number of fused-ring (bicyclic) bond motifs is 1. The number of nitrogens with two attached hydrogens (primary N) is 1. The van der Waals surface area contributed by atoms with Crippen molar-refractivity contribution in [3.8, 4) is 0 Å². The van der Waals surface area contributed by atoms with Gasteiger partial charge in [0.2, 0.25) is 0 Å². The summed E-state index contributed by atoms with van der Waals surface area (Å²) in [5.74, 6) is -0.523. The number of rotatable bonds is 8. The molecule has 0 saturated heterocycles. The van der Waals surface area contributed by atoms with Crippen LogP contribution in [0.2, 0.25) is 0 Å². The third kappa shape index (κ3) is 5.09. The highest BCUT2D eigenvalue weighted by Gasteiger charge is 2.16. The first kappa shape index (κ1) is 23.0. The molecule has 0 spiro atoms. The van der Waals surface area contributed by atoms with E-state index >= 15 is 0 Å². The Bertz CT molecular complexity index is 1420. The minimum absolute atomic E-state index is 0.115. The third-order valence-corrected chi connectivity index (χ3v) is 5.77. The van der Waals surface area contributed by atoms with Crippen molar-refractivity contribution in [1.29, 1.82) is 0 Å². The van der Waals surface area contributed by atoms with E-state index < -0.39 is 11.7 Å². The van der Waals surface area contributed by atoms with Gasteiger partial charge >= 0.3 is 11.7 Å². The van der Waals surface area contributed by atoms with Crippen LogP contribution in [0, 0.1) is 0 Å². The number of aryl methyl sites for hydroxylation is 2. The van der Waals surface area contributed by atoms with Crippen molar-refractivity contribution in [2.75, 3.05) is 12.3 Å². The number of nitrogens with zero attached hydrogens (tertiary/aromatic N) is 2. The van der Waals surface area contributed by atoms with Gasteiger partial charge in [-0.3, -0.25) is 18.7 Å². The standard InChI is InChI=1S/C27H27N3O4/c1-2-34-25(31)18-29-24-6-4-3-5-23(24)26(32)30(27(29)33)17-21-11-9-19(10-12-21)7-8-20-13-15-22(28)16-14-20/h3-6,9-16H,2,7-8,17-18,28H2,1H3. The van der Waals surface area contributed by atoms with E-state index in [0.717, 1.165) is 29.7 Å². The van der Waals surface area contributed by atoms with Crippen molar-refractivity contribution < 1.29 is 9.53 Å². The third-order valence-electron chi connectivity index (χ3n) is 5.77. The van der Waals surface area contributed by atoms with Crippen LogP contribution in [-0.2, 0) is 35.5 Å². The molecule has 7 nitrogen and oxygen atoms in total. The average molecular weight is 458 g/mol. The summed E-state index contributed by atoms with van der Waals surface area (Å²) in [4.78, 5) is 38.4. The fourth-order valence-electron chi connectivity index (χ4n) is 3.97. The highest BCUT2D eigenvalue weighted by atomic mass is 16.5. The molecule has 0 saturated carbocycles. The van der Waals surface area contributed by atoms with E-state index in [2.05, 4.69) is 0 Å². The highest BCUT2D eigenvalue weighted by molar-refractivity contribution is 5.80. The Labute approximate surface area is 197 Å². The zero-order valence-corrected chi connectivity index (χ0v) is 19.1. The van der Waals surface area contributed by atoms with Gasteiger partial charge in [-0.25, -0.2) is 4.79 Å². The molecule has 0 amide bonds. The van der Waals surface area contributed by atoms with Crippen molar-refractivity contribution in [3.05, 3.63) is 110 Å². The van der Waals surface area contributed by atoms with Gasteiger partial charge in [-0.2, -0.15) is 0 Å². The van der Waals surface area contributed by atoms with Gasteiger partial charge in [0.25, 0.3) is 5.56 Å². The minimum Gasteiger partial charge on any atom is -0.465 e. The molecule has 0 radical (unpaired) electrons. The monoisotopic (exact) mass is 457 g/mol. The van der Waals surface area contributed by atoms with Crippen molar-refractivity contribution >= 4 is 22.6 Å². The summed E-state index contributed by atoms with van der Waals surface area (Å²) < 4.78 is 7.49. The number of aromatic nitrogens is 2. The lowest BCUT2D eigenvalue weighted by atomic mass is 10.0. The Morgan fingerprint density at radius 2 is 1.41 bits per heavy atom. The Hall–Kier alpha value is -4.13. The predicted octanol–water partition coefficient (Wildman–Crippen LogP) is 3.14. The van der Waals surface area contributed by atoms with Gasteiger partial charge in [0.1, 0.15) is 6.54 Å². The maximum Gasteiger partial charge on any atom is 0.332 e. The van der Waals surface area contributed by atoms with Crippen LogP contribution in [0.15, 0.2) is 82.4 Å². The second-order valence-electron chi connectivity index (χ2n) is 8.14. The molecule has 3 aromatic carbocycles. The number of hydrogen-bond donors (Lipinski definition) is 1. The topological polar surface area (TPSA) is 96.3 Å². The van der Waals surface area contributed by atoms with E-state index in [-0.39, 0.29) is 25.3 Å². The molecule has 0 aliphatic rings. The fraction of sp³-hybridized carbons (Fsp3) is 0.222. The number of esters is 1. The molecule has 4 aromatic rings. The molecule has 34 heavy (non-hydrogen) atoms. The zero-order valence-electron chi connectivity index (χ0n) is 19.1. The first-order valence-electron chi connectivity index (χ1n) is 11.3. The summed E-state index contributed by atoms with van der Waals surface area (Å²) in [5.41, 5.74) is 9.18. The lowest BCUT2D eigenvalue weighted by Crippen LogP contribution is -2.41. The molecule has 1 heterocycles. The number of benzene rings is 3. The molecule has 4 rings (SSSR count). The van der Waals surface area contributed by atoms with Crippen LogP contribution in [-0.4, -0.2) is 21.7 Å². The van der Waals surface area contributed by atoms with Crippen LogP contribution < -0.4 is 17.0 Å². The largest absolute Gasteiger partial charge is 0.465 e. The molecule has 0 bridgehead atoms. The normalized spacial score (nSPS) is 11.0. The minimum atomic E-state index is -0.538. The molecule has 0 aliphatic carbocycles. The number of para-hydroxylation sites is 1. The van der Waals surface area contributed by atoms with Crippen LogP contribution in [0.1, 0.15) is 23.6 Å². The van der Waals surface area contributed by atoms with Gasteiger partial charge in [0, 0.05) is 5.69 Å². The second-order valence-corrected chi connectivity index (χ2v) is 8.14. The summed E-state index contributed by atoms with van der Waals surface area (Å²) in [6.07, 6.45) is 1.76. The molecular formula is C27H27N3O4. The molecule has 174 valence electrons. The number of hydrogen-bond acceptors (Lipinski definition) is 5. The smallest absolute Gasteiger partial charge is 0.332 e. The van der Waals surface area contributed by atoms with Crippen molar-refractivity contribution in [1.82, 2.24) is 9.13 Å². The van der Waals surface area contributed by atoms with E-state index in [0.29, 0.717) is 10.9 Å². The van der Waals surface area contributed by atoms with Crippen molar-refractivity contribution in [2.24, 2.45) is 0 Å². The number of carbonyl (C=O) groups excluding carboxylic acids is 1. The maximum absolute atomic E-state index is 13.2. The Kier molecular flexibility index (Phi) is 6.92. The molecule has 2 N–H and O–H groups in total. The first-order valence-corrected chi connectivity index (χ1v) is 11.3. The summed E-state index contributed by atoms with van der Waals surface area (Å²) in [5, 5.41) is 0.381. The van der Waals surface area contributed by atoms with E-state index in [4.69, 9.17) is 10.5 Å². The van der Waals surface area contributed by atoms with Gasteiger partial charge in [0.05, 0.1) is 24.1 Å². The molecule has 7 heteroatoms. The first-order chi connectivity index (χ1) is 16.5. The summed E-state index contributed by atoms with van der Waals surface area (Å²) in [7, 11) is 0. The van der Waals surface area contributed by atoms with Gasteiger partial charge in [-0.1, -0.05) is 48.5 Å². The SMILES string of the molecule is CCOC(=O)Cn1c(=O)n(Cc2ccc(CCc3ccc(N)cc3)cc2)c(=O)c2ccccc21. The molecule has 1 aromatic heterocycles. The van der Waals surface area contributed by atoms with Crippen LogP contribution in [0.4, 0.5) is 5.69 Å². The van der Waals surface area contributed by atoms with E-state index in [1.165, 1.54) is 14.7 Å². The number of carbonyl (C=O) groups is 1. The molecular weight excluding hydrogens is 430 g/mol. The molecule has 0 fully saturated rings. The number of ether oxygens (including phenoxy) is 1. The van der Waals surface area contributed by atoms with Gasteiger partial charge in [-0.15, -0.1) is 0 Å². The molecule has 0 atom stereocenters. The number of anilines is 1.